The molecule has 2 rings (SSSR count). The summed E-state index contributed by atoms with van der Waals surface area (Å²) in [5.41, 5.74) is -0.382. The summed E-state index contributed by atoms with van der Waals surface area (Å²) in [4.78, 5) is 27.6. The van der Waals surface area contributed by atoms with Crippen LogP contribution in [0.15, 0.2) is 0 Å². The van der Waals surface area contributed by atoms with Gasteiger partial charge in [0.15, 0.2) is 11.7 Å². The van der Waals surface area contributed by atoms with Crippen LogP contribution in [0, 0.1) is 12.8 Å². The number of aromatic amines is 1. The predicted molar refractivity (Wildman–Crippen MR) is 92.9 cm³/mol. The number of Topliss-reactive ketones (excluding diaryl/α,β-unsaturated/α-hetero) is 1. The van der Waals surface area contributed by atoms with E-state index in [-0.39, 0.29) is 28.8 Å². The van der Waals surface area contributed by atoms with E-state index in [1.54, 1.807) is 27.7 Å². The summed E-state index contributed by atoms with van der Waals surface area (Å²) in [7, 11) is 0. The molecule has 1 saturated carbocycles. The average molecular weight is 352 g/mol. The van der Waals surface area contributed by atoms with Gasteiger partial charge in [0.25, 0.3) is 0 Å². The minimum atomic E-state index is -0.796. The highest BCUT2D eigenvalue weighted by Gasteiger charge is 2.35. The van der Waals surface area contributed by atoms with Gasteiger partial charge >= 0.3 is 6.09 Å². The molecular weight excluding hydrogens is 324 g/mol. The average Bonchev–Trinajstić information content (AvgIpc) is 2.76. The number of carbonyl (C=O) groups is 2. The van der Waals surface area contributed by atoms with Crippen molar-refractivity contribution in [2.75, 3.05) is 0 Å². The summed E-state index contributed by atoms with van der Waals surface area (Å²) in [5, 5.41) is 22.4. The van der Waals surface area contributed by atoms with E-state index in [1.807, 2.05) is 0 Å². The lowest BCUT2D eigenvalue weighted by Crippen LogP contribution is -2.48. The standard InChI is InChI=1S/C18H28N2O5/c1-10-12(16(23)20-15(10)22)14(21)13(11-8-6-5-7-9-11)19-17(24)25-18(2,3)4/h11,13,20,22-23H,5-9H2,1-4H3,(H,19,24)/t13-/m0/s1. The summed E-state index contributed by atoms with van der Waals surface area (Å²) in [6.45, 7) is 6.81. The zero-order valence-electron chi connectivity index (χ0n) is 15.3. The number of nitrogens with one attached hydrogen (secondary N) is 2. The molecule has 0 aliphatic heterocycles. The zero-order valence-corrected chi connectivity index (χ0v) is 15.3. The van der Waals surface area contributed by atoms with Crippen LogP contribution in [0.3, 0.4) is 0 Å². The lowest BCUT2D eigenvalue weighted by Gasteiger charge is -2.31. The van der Waals surface area contributed by atoms with E-state index in [9.17, 15) is 19.8 Å². The first-order chi connectivity index (χ1) is 11.6. The van der Waals surface area contributed by atoms with Gasteiger partial charge < -0.3 is 20.3 Å². The van der Waals surface area contributed by atoms with Gasteiger partial charge in [-0.2, -0.15) is 0 Å². The number of amides is 1. The maximum Gasteiger partial charge on any atom is 0.408 e. The van der Waals surface area contributed by atoms with E-state index in [0.717, 1.165) is 32.1 Å². The first-order valence-corrected chi connectivity index (χ1v) is 8.74. The molecule has 1 atom stereocenters. The van der Waals surface area contributed by atoms with E-state index >= 15 is 0 Å². The van der Waals surface area contributed by atoms with Crippen LogP contribution in [-0.2, 0) is 4.74 Å². The fourth-order valence-electron chi connectivity index (χ4n) is 3.32. The highest BCUT2D eigenvalue weighted by atomic mass is 16.6. The van der Waals surface area contributed by atoms with Gasteiger partial charge in [-0.25, -0.2) is 4.79 Å². The van der Waals surface area contributed by atoms with Crippen molar-refractivity contribution < 1.29 is 24.5 Å². The van der Waals surface area contributed by atoms with Crippen molar-refractivity contribution in [2.24, 2.45) is 5.92 Å². The molecule has 0 spiro atoms. The predicted octanol–water partition coefficient (Wildman–Crippen LogP) is 3.39. The second kappa shape index (κ2) is 7.37. The molecule has 140 valence electrons. The van der Waals surface area contributed by atoms with E-state index in [1.165, 1.54) is 0 Å². The molecule has 1 fully saturated rings. The van der Waals surface area contributed by atoms with Crippen LogP contribution in [0.4, 0.5) is 4.79 Å². The third kappa shape index (κ3) is 4.67. The molecule has 0 aromatic carbocycles. The van der Waals surface area contributed by atoms with Gasteiger partial charge in [0.2, 0.25) is 5.88 Å². The molecule has 1 aromatic heterocycles. The number of hydrogen-bond donors (Lipinski definition) is 4. The molecule has 1 aliphatic carbocycles. The lowest BCUT2D eigenvalue weighted by molar-refractivity contribution is 0.0459. The third-order valence-electron chi connectivity index (χ3n) is 4.53. The Balaban J connectivity index is 2.27. The first kappa shape index (κ1) is 19.1. The van der Waals surface area contributed by atoms with Crippen molar-refractivity contribution in [1.29, 1.82) is 0 Å². The fourth-order valence-corrected chi connectivity index (χ4v) is 3.32. The molecule has 25 heavy (non-hydrogen) atoms. The Morgan fingerprint density at radius 1 is 1.16 bits per heavy atom. The van der Waals surface area contributed by atoms with Crippen molar-refractivity contribution in [3.63, 3.8) is 0 Å². The summed E-state index contributed by atoms with van der Waals surface area (Å²) >= 11 is 0. The van der Waals surface area contributed by atoms with Crippen LogP contribution in [0.25, 0.3) is 0 Å². The number of H-pyrrole nitrogens is 1. The topological polar surface area (TPSA) is 112 Å². The van der Waals surface area contributed by atoms with Gasteiger partial charge in [-0.1, -0.05) is 19.3 Å². The van der Waals surface area contributed by atoms with Crippen molar-refractivity contribution >= 4 is 11.9 Å². The Kier molecular flexibility index (Phi) is 5.65. The lowest BCUT2D eigenvalue weighted by atomic mass is 9.81. The number of rotatable bonds is 4. The Hall–Kier alpha value is -2.18. The van der Waals surface area contributed by atoms with Crippen molar-refractivity contribution in [3.05, 3.63) is 11.1 Å². The monoisotopic (exact) mass is 352 g/mol. The second-order valence-corrected chi connectivity index (χ2v) is 7.71. The minimum absolute atomic E-state index is 0.0177. The number of hydrogen-bond acceptors (Lipinski definition) is 5. The molecule has 0 bridgehead atoms. The Morgan fingerprint density at radius 2 is 1.76 bits per heavy atom. The van der Waals surface area contributed by atoms with E-state index in [0.29, 0.717) is 0 Å². The van der Waals surface area contributed by atoms with Crippen LogP contribution >= 0.6 is 0 Å². The van der Waals surface area contributed by atoms with E-state index in [2.05, 4.69) is 10.3 Å². The number of alkyl carbamates (subject to hydrolysis) is 1. The van der Waals surface area contributed by atoms with Crippen LogP contribution < -0.4 is 5.32 Å². The molecule has 1 aromatic rings. The normalized spacial score (nSPS) is 17.1. The quantitative estimate of drug-likeness (QED) is 0.621. The summed E-state index contributed by atoms with van der Waals surface area (Å²) in [5.74, 6) is -1.07. The number of ether oxygens (including phenoxy) is 1. The van der Waals surface area contributed by atoms with Crippen molar-refractivity contribution in [1.82, 2.24) is 10.3 Å². The molecule has 1 heterocycles. The Bertz CT molecular complexity index is 639. The smallest absolute Gasteiger partial charge is 0.408 e. The van der Waals surface area contributed by atoms with Gasteiger partial charge in [0, 0.05) is 5.56 Å². The molecule has 1 aliphatic rings. The van der Waals surface area contributed by atoms with E-state index < -0.39 is 23.5 Å². The molecule has 4 N–H and O–H groups in total. The Labute approximate surface area is 147 Å². The third-order valence-corrected chi connectivity index (χ3v) is 4.53. The zero-order chi connectivity index (χ0) is 18.8. The Morgan fingerprint density at radius 3 is 2.24 bits per heavy atom. The molecular formula is C18H28N2O5. The van der Waals surface area contributed by atoms with Gasteiger partial charge in [-0.3, -0.25) is 9.78 Å². The second-order valence-electron chi connectivity index (χ2n) is 7.71. The van der Waals surface area contributed by atoms with Gasteiger partial charge in [-0.15, -0.1) is 0 Å². The number of aromatic nitrogens is 1. The summed E-state index contributed by atoms with van der Waals surface area (Å²) in [6, 6.07) is -0.796. The summed E-state index contributed by atoms with van der Waals surface area (Å²) < 4.78 is 5.29. The van der Waals surface area contributed by atoms with Gasteiger partial charge in [-0.05, 0) is 46.5 Å². The molecule has 0 radical (unpaired) electrons. The molecule has 7 heteroatoms. The largest absolute Gasteiger partial charge is 0.494 e. The van der Waals surface area contributed by atoms with Crippen LogP contribution in [0.2, 0.25) is 0 Å². The highest BCUT2D eigenvalue weighted by Crippen LogP contribution is 2.33. The van der Waals surface area contributed by atoms with E-state index in [4.69, 9.17) is 4.74 Å². The number of carbonyl (C=O) groups excluding carboxylic acids is 2. The van der Waals surface area contributed by atoms with Gasteiger partial charge in [0.05, 0.1) is 11.6 Å². The fraction of sp³-hybridized carbons (Fsp3) is 0.667. The van der Waals surface area contributed by atoms with Crippen molar-refractivity contribution in [2.45, 2.75) is 71.4 Å². The molecule has 0 unspecified atom stereocenters. The molecule has 0 saturated heterocycles. The molecule has 7 nitrogen and oxygen atoms in total. The van der Waals surface area contributed by atoms with Crippen LogP contribution in [-0.4, -0.2) is 38.7 Å². The number of aromatic hydroxyl groups is 2. The van der Waals surface area contributed by atoms with Crippen LogP contribution in [0.5, 0.6) is 11.8 Å². The first-order valence-electron chi connectivity index (χ1n) is 8.74. The molecule has 1 amide bonds. The highest BCUT2D eigenvalue weighted by molar-refractivity contribution is 6.05. The SMILES string of the molecule is Cc1c(O)[nH]c(O)c1C(=O)[C@@H](NC(=O)OC(C)(C)C)C1CCCCC1. The van der Waals surface area contributed by atoms with Crippen molar-refractivity contribution in [3.8, 4) is 11.8 Å². The minimum Gasteiger partial charge on any atom is -0.494 e. The summed E-state index contributed by atoms with van der Waals surface area (Å²) in [6.07, 6.45) is 4.08. The van der Waals surface area contributed by atoms with Gasteiger partial charge in [0.1, 0.15) is 5.60 Å². The maximum absolute atomic E-state index is 13.0. The number of ketones is 1. The van der Waals surface area contributed by atoms with Crippen LogP contribution in [0.1, 0.15) is 68.8 Å². The maximum atomic E-state index is 13.0.